The molecule has 1 aliphatic heterocycles. The van der Waals surface area contributed by atoms with Crippen LogP contribution in [0.15, 0.2) is 24.3 Å². The molecule has 1 fully saturated rings. The average molecular weight is 291 g/mol. The molecule has 6 heteroatoms. The van der Waals surface area contributed by atoms with E-state index >= 15 is 0 Å². The van der Waals surface area contributed by atoms with Gasteiger partial charge in [0, 0.05) is 24.7 Å². The first kappa shape index (κ1) is 15.3. The highest BCUT2D eigenvalue weighted by Crippen LogP contribution is 2.13. The maximum atomic E-state index is 12.0. The molecule has 4 N–H and O–H groups in total. The lowest BCUT2D eigenvalue weighted by Gasteiger charge is -2.30. The van der Waals surface area contributed by atoms with E-state index in [4.69, 9.17) is 16.2 Å². The number of hydrogen-bond donors (Lipinski definition) is 2. The van der Waals surface area contributed by atoms with Gasteiger partial charge >= 0.3 is 0 Å². The molecule has 21 heavy (non-hydrogen) atoms. The third-order valence-electron chi connectivity index (χ3n) is 3.53. The van der Waals surface area contributed by atoms with E-state index in [-0.39, 0.29) is 11.9 Å². The van der Waals surface area contributed by atoms with Gasteiger partial charge in [0.25, 0.3) is 0 Å². The Balaban J connectivity index is 1.75. The Bertz CT molecular complexity index is 501. The summed E-state index contributed by atoms with van der Waals surface area (Å²) in [5.74, 6) is 0.209. The SMILES string of the molecule is NC(=O)c1ccc(OCCC(=O)N2CCC[C@H](N)C2)cc1. The van der Waals surface area contributed by atoms with Crippen molar-refractivity contribution in [2.75, 3.05) is 19.7 Å². The Hall–Kier alpha value is -2.08. The summed E-state index contributed by atoms with van der Waals surface area (Å²) in [5.41, 5.74) is 11.4. The summed E-state index contributed by atoms with van der Waals surface area (Å²) in [6.45, 7) is 1.71. The van der Waals surface area contributed by atoms with Crippen LogP contribution in [0.3, 0.4) is 0 Å². The molecule has 0 bridgehead atoms. The van der Waals surface area contributed by atoms with Crippen molar-refractivity contribution in [3.8, 4) is 5.75 Å². The lowest BCUT2D eigenvalue weighted by molar-refractivity contribution is -0.132. The molecule has 0 radical (unpaired) electrons. The summed E-state index contributed by atoms with van der Waals surface area (Å²) in [4.78, 5) is 24.7. The maximum absolute atomic E-state index is 12.0. The fourth-order valence-corrected chi connectivity index (χ4v) is 2.37. The number of benzene rings is 1. The molecule has 1 heterocycles. The molecular formula is C15H21N3O3. The van der Waals surface area contributed by atoms with Crippen LogP contribution in [0.1, 0.15) is 29.6 Å². The van der Waals surface area contributed by atoms with E-state index in [0.29, 0.717) is 30.9 Å². The highest BCUT2D eigenvalue weighted by Gasteiger charge is 2.20. The van der Waals surface area contributed by atoms with Gasteiger partial charge in [0.2, 0.25) is 11.8 Å². The highest BCUT2D eigenvalue weighted by atomic mass is 16.5. The molecule has 1 saturated heterocycles. The Morgan fingerprint density at radius 2 is 2.00 bits per heavy atom. The number of rotatable bonds is 5. The summed E-state index contributed by atoms with van der Waals surface area (Å²) in [6, 6.07) is 6.62. The van der Waals surface area contributed by atoms with Gasteiger partial charge < -0.3 is 21.1 Å². The topological polar surface area (TPSA) is 98.7 Å². The largest absolute Gasteiger partial charge is 0.493 e. The quantitative estimate of drug-likeness (QED) is 0.825. The van der Waals surface area contributed by atoms with Crippen LogP contribution in [0, 0.1) is 0 Å². The molecule has 0 spiro atoms. The number of piperidine rings is 1. The third kappa shape index (κ3) is 4.46. The summed E-state index contributed by atoms with van der Waals surface area (Å²) in [7, 11) is 0. The zero-order valence-corrected chi connectivity index (χ0v) is 12.0. The maximum Gasteiger partial charge on any atom is 0.248 e. The highest BCUT2D eigenvalue weighted by molar-refractivity contribution is 5.92. The molecule has 6 nitrogen and oxygen atoms in total. The number of carbonyl (C=O) groups is 2. The second-order valence-electron chi connectivity index (χ2n) is 5.23. The van der Waals surface area contributed by atoms with E-state index < -0.39 is 5.91 Å². The van der Waals surface area contributed by atoms with Crippen molar-refractivity contribution >= 4 is 11.8 Å². The number of nitrogens with zero attached hydrogens (tertiary/aromatic N) is 1. The Labute approximate surface area is 124 Å². The second kappa shape index (κ2) is 7.08. The monoisotopic (exact) mass is 291 g/mol. The summed E-state index contributed by atoms with van der Waals surface area (Å²) in [6.07, 6.45) is 2.26. The predicted molar refractivity (Wildman–Crippen MR) is 78.9 cm³/mol. The number of nitrogens with two attached hydrogens (primary N) is 2. The zero-order chi connectivity index (χ0) is 15.2. The van der Waals surface area contributed by atoms with Crippen LogP contribution in [0.5, 0.6) is 5.75 Å². The first-order valence-electron chi connectivity index (χ1n) is 7.12. The van der Waals surface area contributed by atoms with Crippen LogP contribution in [-0.2, 0) is 4.79 Å². The Morgan fingerprint density at radius 3 is 2.62 bits per heavy atom. The van der Waals surface area contributed by atoms with E-state index in [9.17, 15) is 9.59 Å². The fraction of sp³-hybridized carbons (Fsp3) is 0.467. The van der Waals surface area contributed by atoms with Crippen molar-refractivity contribution < 1.29 is 14.3 Å². The summed E-state index contributed by atoms with van der Waals surface area (Å²) in [5, 5.41) is 0. The number of ether oxygens (including phenoxy) is 1. The molecule has 2 rings (SSSR count). The summed E-state index contributed by atoms with van der Waals surface area (Å²) >= 11 is 0. The molecule has 0 aromatic heterocycles. The van der Waals surface area contributed by atoms with Gasteiger partial charge in [-0.15, -0.1) is 0 Å². The predicted octanol–water partition coefficient (Wildman–Crippen LogP) is 0.504. The molecular weight excluding hydrogens is 270 g/mol. The smallest absolute Gasteiger partial charge is 0.248 e. The molecule has 0 unspecified atom stereocenters. The average Bonchev–Trinajstić information content (AvgIpc) is 2.47. The minimum Gasteiger partial charge on any atom is -0.493 e. The van der Waals surface area contributed by atoms with Gasteiger partial charge in [-0.25, -0.2) is 0 Å². The van der Waals surface area contributed by atoms with Crippen molar-refractivity contribution in [3.63, 3.8) is 0 Å². The fourth-order valence-electron chi connectivity index (χ4n) is 2.37. The van der Waals surface area contributed by atoms with Gasteiger partial charge in [-0.3, -0.25) is 9.59 Å². The molecule has 0 aliphatic carbocycles. The summed E-state index contributed by atoms with van der Waals surface area (Å²) < 4.78 is 5.50. The lowest BCUT2D eigenvalue weighted by Crippen LogP contribution is -2.46. The zero-order valence-electron chi connectivity index (χ0n) is 12.0. The molecule has 1 aromatic rings. The van der Waals surface area contributed by atoms with Gasteiger partial charge in [-0.05, 0) is 37.1 Å². The molecule has 114 valence electrons. The molecule has 0 saturated carbocycles. The van der Waals surface area contributed by atoms with Crippen LogP contribution >= 0.6 is 0 Å². The van der Waals surface area contributed by atoms with Gasteiger partial charge in [-0.2, -0.15) is 0 Å². The first-order valence-corrected chi connectivity index (χ1v) is 7.12. The lowest BCUT2D eigenvalue weighted by atomic mass is 10.1. The van der Waals surface area contributed by atoms with Crippen LogP contribution < -0.4 is 16.2 Å². The van der Waals surface area contributed by atoms with Crippen LogP contribution in [0.4, 0.5) is 0 Å². The molecule has 1 aromatic carbocycles. The van der Waals surface area contributed by atoms with Crippen LogP contribution in [0.25, 0.3) is 0 Å². The van der Waals surface area contributed by atoms with Gasteiger partial charge in [0.1, 0.15) is 5.75 Å². The minimum absolute atomic E-state index is 0.0684. The third-order valence-corrected chi connectivity index (χ3v) is 3.53. The number of amides is 2. The van der Waals surface area contributed by atoms with Crippen molar-refractivity contribution in [2.24, 2.45) is 11.5 Å². The van der Waals surface area contributed by atoms with Crippen molar-refractivity contribution in [1.82, 2.24) is 4.90 Å². The number of likely N-dealkylation sites (tertiary alicyclic amines) is 1. The molecule has 1 atom stereocenters. The molecule has 1 aliphatic rings. The van der Waals surface area contributed by atoms with Gasteiger partial charge in [0.15, 0.2) is 0 Å². The minimum atomic E-state index is -0.474. The Morgan fingerprint density at radius 1 is 1.29 bits per heavy atom. The van der Waals surface area contributed by atoms with Crippen molar-refractivity contribution in [2.45, 2.75) is 25.3 Å². The number of carbonyl (C=O) groups excluding carboxylic acids is 2. The van der Waals surface area contributed by atoms with E-state index in [0.717, 1.165) is 19.4 Å². The van der Waals surface area contributed by atoms with E-state index in [1.165, 1.54) is 0 Å². The van der Waals surface area contributed by atoms with Crippen LogP contribution in [0.2, 0.25) is 0 Å². The van der Waals surface area contributed by atoms with Crippen molar-refractivity contribution in [1.29, 1.82) is 0 Å². The van der Waals surface area contributed by atoms with E-state index in [2.05, 4.69) is 0 Å². The van der Waals surface area contributed by atoms with E-state index in [1.54, 1.807) is 29.2 Å². The standard InChI is InChI=1S/C15H21N3O3/c16-12-2-1-8-18(10-12)14(19)7-9-21-13-5-3-11(4-6-13)15(17)20/h3-6,12H,1-2,7-10,16H2,(H2,17,20)/t12-/m0/s1. The van der Waals surface area contributed by atoms with E-state index in [1.807, 2.05) is 0 Å². The van der Waals surface area contributed by atoms with Gasteiger partial charge in [0.05, 0.1) is 13.0 Å². The van der Waals surface area contributed by atoms with Crippen LogP contribution in [-0.4, -0.2) is 42.5 Å². The molecule has 2 amide bonds. The number of primary amides is 1. The van der Waals surface area contributed by atoms with Gasteiger partial charge in [-0.1, -0.05) is 0 Å². The number of hydrogen-bond acceptors (Lipinski definition) is 4. The second-order valence-corrected chi connectivity index (χ2v) is 5.23. The first-order chi connectivity index (χ1) is 10.1. The van der Waals surface area contributed by atoms with Crippen molar-refractivity contribution in [3.05, 3.63) is 29.8 Å². The normalized spacial score (nSPS) is 18.3. The Kier molecular flexibility index (Phi) is 5.16.